The van der Waals surface area contributed by atoms with Crippen molar-refractivity contribution < 1.29 is 14.0 Å². The lowest BCUT2D eigenvalue weighted by Gasteiger charge is -2.28. The molecular weight excluding hydrogens is 310 g/mol. The Bertz CT molecular complexity index is 302. The molecule has 0 aliphatic carbocycles. The number of unbranched alkanes of at least 4 members (excludes halogenated alkanes) is 13. The summed E-state index contributed by atoms with van der Waals surface area (Å²) in [6, 6.07) is 0. The Balaban J connectivity index is 3.31. The molecule has 0 saturated carbocycles. The Kier molecular flexibility index (Phi) is 16.5. The van der Waals surface area contributed by atoms with E-state index in [-0.39, 0.29) is 5.97 Å². The van der Waals surface area contributed by atoms with Gasteiger partial charge in [-0.25, -0.2) is 4.79 Å². The Hall–Kier alpha value is -0.570. The Morgan fingerprint density at radius 1 is 0.680 bits per heavy atom. The van der Waals surface area contributed by atoms with E-state index in [1.54, 1.807) is 0 Å². The highest BCUT2D eigenvalue weighted by Crippen LogP contribution is 2.13. The van der Waals surface area contributed by atoms with Crippen molar-refractivity contribution in [1.29, 1.82) is 0 Å². The highest BCUT2D eigenvalue weighted by molar-refractivity contribution is 5.70. The fourth-order valence-corrected chi connectivity index (χ4v) is 3.37. The quantitative estimate of drug-likeness (QED) is 0.168. The van der Waals surface area contributed by atoms with Crippen molar-refractivity contribution >= 4 is 5.97 Å². The zero-order valence-electron chi connectivity index (χ0n) is 17.8. The average Bonchev–Trinajstić information content (AvgIpc) is 2.54. The first kappa shape index (κ1) is 24.4. The first-order valence-electron chi connectivity index (χ1n) is 11.0. The number of nitrogens with zero attached hydrogens (tertiary/aromatic N) is 1. The van der Waals surface area contributed by atoms with Gasteiger partial charge in [-0.1, -0.05) is 84.0 Å². The number of quaternary nitrogens is 1. The molecular formula is C22H46NO2+. The molecule has 0 heterocycles. The standard InChI is InChI=1S/C22H46NO2/c1-5-7-8-9-10-11-12-13-14-15-16-17-18-19-20-23(3,4)21-22(24)25-6-2/h5-21H2,1-4H3/q+1. The predicted octanol–water partition coefficient (Wildman–Crippen LogP) is 6.11. The van der Waals surface area contributed by atoms with E-state index < -0.39 is 0 Å². The van der Waals surface area contributed by atoms with Gasteiger partial charge in [0.15, 0.2) is 6.54 Å². The minimum Gasteiger partial charge on any atom is -0.462 e. The van der Waals surface area contributed by atoms with E-state index in [2.05, 4.69) is 21.0 Å². The second kappa shape index (κ2) is 16.9. The fraction of sp³-hybridized carbons (Fsp3) is 0.955. The molecule has 0 amide bonds. The first-order chi connectivity index (χ1) is 12.0. The molecule has 0 unspecified atom stereocenters. The summed E-state index contributed by atoms with van der Waals surface area (Å²) < 4.78 is 5.79. The maximum absolute atomic E-state index is 11.6. The maximum Gasteiger partial charge on any atom is 0.361 e. The molecule has 0 rings (SSSR count). The molecule has 0 spiro atoms. The van der Waals surface area contributed by atoms with Crippen molar-refractivity contribution in [3.63, 3.8) is 0 Å². The van der Waals surface area contributed by atoms with Crippen LogP contribution in [-0.4, -0.2) is 44.2 Å². The number of ether oxygens (including phenoxy) is 1. The zero-order valence-corrected chi connectivity index (χ0v) is 17.8. The highest BCUT2D eigenvalue weighted by Gasteiger charge is 2.20. The van der Waals surface area contributed by atoms with Crippen molar-refractivity contribution in [1.82, 2.24) is 0 Å². The van der Waals surface area contributed by atoms with E-state index >= 15 is 0 Å². The Morgan fingerprint density at radius 3 is 1.48 bits per heavy atom. The monoisotopic (exact) mass is 356 g/mol. The summed E-state index contributed by atoms with van der Waals surface area (Å²) in [6.07, 6.45) is 19.4. The number of hydrogen-bond donors (Lipinski definition) is 0. The summed E-state index contributed by atoms with van der Waals surface area (Å²) in [4.78, 5) is 11.6. The van der Waals surface area contributed by atoms with Crippen LogP contribution in [-0.2, 0) is 9.53 Å². The molecule has 0 fully saturated rings. The lowest BCUT2D eigenvalue weighted by Crippen LogP contribution is -2.45. The lowest BCUT2D eigenvalue weighted by molar-refractivity contribution is -0.883. The topological polar surface area (TPSA) is 26.3 Å². The largest absolute Gasteiger partial charge is 0.462 e. The summed E-state index contributed by atoms with van der Waals surface area (Å²) >= 11 is 0. The van der Waals surface area contributed by atoms with Crippen LogP contribution in [0.4, 0.5) is 0 Å². The van der Waals surface area contributed by atoms with Gasteiger partial charge in [0.1, 0.15) is 0 Å². The van der Waals surface area contributed by atoms with Crippen molar-refractivity contribution in [2.45, 2.75) is 104 Å². The molecule has 0 aromatic heterocycles. The van der Waals surface area contributed by atoms with E-state index in [0.29, 0.717) is 13.2 Å². The van der Waals surface area contributed by atoms with Crippen molar-refractivity contribution in [2.75, 3.05) is 33.8 Å². The van der Waals surface area contributed by atoms with Gasteiger partial charge in [-0.3, -0.25) is 0 Å². The number of rotatable bonds is 18. The number of carbonyl (C=O) groups excluding carboxylic acids is 1. The SMILES string of the molecule is CCCCCCCCCCCCCCCC[N+](C)(C)CC(=O)OCC. The number of hydrogen-bond acceptors (Lipinski definition) is 2. The number of esters is 1. The molecule has 0 radical (unpaired) electrons. The highest BCUT2D eigenvalue weighted by atomic mass is 16.5. The van der Waals surface area contributed by atoms with Crippen LogP contribution < -0.4 is 0 Å². The minimum absolute atomic E-state index is 0.0714. The second-order valence-corrected chi connectivity index (χ2v) is 8.22. The molecule has 3 heteroatoms. The summed E-state index contributed by atoms with van der Waals surface area (Å²) in [6.45, 7) is 6.19. The Morgan fingerprint density at radius 2 is 1.08 bits per heavy atom. The number of carbonyl (C=O) groups is 1. The summed E-state index contributed by atoms with van der Waals surface area (Å²) in [5, 5.41) is 0. The molecule has 0 saturated heterocycles. The van der Waals surface area contributed by atoms with Crippen molar-refractivity contribution in [2.24, 2.45) is 0 Å². The minimum atomic E-state index is -0.0714. The van der Waals surface area contributed by atoms with Crippen LogP contribution >= 0.6 is 0 Å². The maximum atomic E-state index is 11.6. The van der Waals surface area contributed by atoms with Gasteiger partial charge < -0.3 is 9.22 Å². The average molecular weight is 357 g/mol. The molecule has 150 valence electrons. The third-order valence-electron chi connectivity index (χ3n) is 4.98. The summed E-state index contributed by atoms with van der Waals surface area (Å²) in [5.74, 6) is -0.0714. The van der Waals surface area contributed by atoms with Gasteiger partial charge in [-0.15, -0.1) is 0 Å². The van der Waals surface area contributed by atoms with Crippen molar-refractivity contribution in [3.8, 4) is 0 Å². The third-order valence-corrected chi connectivity index (χ3v) is 4.98. The summed E-state index contributed by atoms with van der Waals surface area (Å²) in [7, 11) is 4.25. The normalized spacial score (nSPS) is 11.7. The van der Waals surface area contributed by atoms with Crippen LogP contribution in [0.2, 0.25) is 0 Å². The van der Waals surface area contributed by atoms with Crippen LogP contribution in [0.25, 0.3) is 0 Å². The predicted molar refractivity (Wildman–Crippen MR) is 109 cm³/mol. The molecule has 0 aliphatic heterocycles. The van der Waals surface area contributed by atoms with E-state index in [1.165, 1.54) is 89.9 Å². The Labute approximate surface area is 158 Å². The van der Waals surface area contributed by atoms with Gasteiger partial charge in [0.2, 0.25) is 0 Å². The molecule has 0 N–H and O–H groups in total. The van der Waals surface area contributed by atoms with Gasteiger partial charge in [0, 0.05) is 0 Å². The van der Waals surface area contributed by atoms with Gasteiger partial charge in [-0.2, -0.15) is 0 Å². The zero-order chi connectivity index (χ0) is 18.8. The summed E-state index contributed by atoms with van der Waals surface area (Å²) in [5.41, 5.74) is 0. The van der Waals surface area contributed by atoms with Crippen LogP contribution in [0.3, 0.4) is 0 Å². The van der Waals surface area contributed by atoms with Gasteiger partial charge >= 0.3 is 5.97 Å². The fourth-order valence-electron chi connectivity index (χ4n) is 3.37. The molecule has 0 aromatic rings. The molecule has 25 heavy (non-hydrogen) atoms. The van der Waals surface area contributed by atoms with Crippen molar-refractivity contribution in [3.05, 3.63) is 0 Å². The second-order valence-electron chi connectivity index (χ2n) is 8.22. The van der Waals surface area contributed by atoms with Gasteiger partial charge in [0.25, 0.3) is 0 Å². The van der Waals surface area contributed by atoms with E-state index in [1.807, 2.05) is 6.92 Å². The first-order valence-corrected chi connectivity index (χ1v) is 11.0. The van der Waals surface area contributed by atoms with Crippen LogP contribution in [0.5, 0.6) is 0 Å². The van der Waals surface area contributed by atoms with Gasteiger partial charge in [-0.05, 0) is 19.8 Å². The van der Waals surface area contributed by atoms with E-state index in [4.69, 9.17) is 4.74 Å². The molecule has 3 nitrogen and oxygen atoms in total. The van der Waals surface area contributed by atoms with Crippen LogP contribution in [0, 0.1) is 0 Å². The molecule has 0 aliphatic rings. The third kappa shape index (κ3) is 18.0. The van der Waals surface area contributed by atoms with E-state index in [0.717, 1.165) is 11.0 Å². The number of likely N-dealkylation sites (N-methyl/N-ethyl adjacent to an activating group) is 1. The lowest BCUT2D eigenvalue weighted by atomic mass is 10.0. The van der Waals surface area contributed by atoms with Crippen LogP contribution in [0.15, 0.2) is 0 Å². The van der Waals surface area contributed by atoms with Gasteiger partial charge in [0.05, 0.1) is 27.2 Å². The smallest absolute Gasteiger partial charge is 0.361 e. The molecule has 0 aromatic carbocycles. The molecule has 0 atom stereocenters. The van der Waals surface area contributed by atoms with Crippen LogP contribution in [0.1, 0.15) is 104 Å². The molecule has 0 bridgehead atoms. The van der Waals surface area contributed by atoms with E-state index in [9.17, 15) is 4.79 Å².